The number of hydrogen-bond acceptors (Lipinski definition) is 3. The van der Waals surface area contributed by atoms with Crippen LogP contribution in [-0.4, -0.2) is 28.5 Å². The molecular weight excluding hydrogens is 284 g/mol. The molecule has 0 unspecified atom stereocenters. The molecule has 21 heavy (non-hydrogen) atoms. The lowest BCUT2D eigenvalue weighted by atomic mass is 10.2. The first-order valence-corrected chi connectivity index (χ1v) is 7.32. The standard InChI is InChI=1S/C15H20N4OS/c1-3-7-16-15(21)18-13-9-17-19(11-13)10-12-5-4-6-14(8-12)20-2/h4-6,8-9,11H,3,7,10H2,1-2H3,(H2,16,18,21). The highest BCUT2D eigenvalue weighted by Gasteiger charge is 2.02. The van der Waals surface area contributed by atoms with Crippen LogP contribution >= 0.6 is 12.2 Å². The minimum Gasteiger partial charge on any atom is -0.497 e. The average molecular weight is 304 g/mol. The normalized spacial score (nSPS) is 10.2. The molecule has 0 aliphatic heterocycles. The van der Waals surface area contributed by atoms with Crippen LogP contribution in [0.3, 0.4) is 0 Å². The Kier molecular flexibility index (Phi) is 5.57. The van der Waals surface area contributed by atoms with Crippen LogP contribution in [0.15, 0.2) is 36.7 Å². The summed E-state index contributed by atoms with van der Waals surface area (Å²) in [5, 5.41) is 11.2. The SMILES string of the molecule is CCCNC(=S)Nc1cnn(Cc2cccc(OC)c2)c1. The zero-order valence-electron chi connectivity index (χ0n) is 12.3. The second kappa shape index (κ2) is 7.64. The number of hydrogen-bond donors (Lipinski definition) is 2. The van der Waals surface area contributed by atoms with Gasteiger partial charge in [0.1, 0.15) is 5.75 Å². The van der Waals surface area contributed by atoms with E-state index in [4.69, 9.17) is 17.0 Å². The Morgan fingerprint density at radius 3 is 3.05 bits per heavy atom. The quantitative estimate of drug-likeness (QED) is 0.804. The first kappa shape index (κ1) is 15.3. The van der Waals surface area contributed by atoms with Crippen LogP contribution in [0.2, 0.25) is 0 Å². The predicted molar refractivity (Wildman–Crippen MR) is 88.8 cm³/mol. The molecular formula is C15H20N4OS. The van der Waals surface area contributed by atoms with Crippen molar-refractivity contribution in [3.05, 3.63) is 42.2 Å². The van der Waals surface area contributed by atoms with Gasteiger partial charge >= 0.3 is 0 Å². The van der Waals surface area contributed by atoms with Crippen molar-refractivity contribution < 1.29 is 4.74 Å². The summed E-state index contributed by atoms with van der Waals surface area (Å²) in [6, 6.07) is 7.95. The van der Waals surface area contributed by atoms with Crippen LogP contribution in [-0.2, 0) is 6.54 Å². The van der Waals surface area contributed by atoms with Crippen LogP contribution in [0.4, 0.5) is 5.69 Å². The molecule has 0 bridgehead atoms. The molecule has 0 spiro atoms. The van der Waals surface area contributed by atoms with Crippen LogP contribution in [0, 0.1) is 0 Å². The van der Waals surface area contributed by atoms with Gasteiger partial charge in [0.15, 0.2) is 5.11 Å². The fourth-order valence-corrected chi connectivity index (χ4v) is 2.11. The second-order valence-electron chi connectivity index (χ2n) is 4.66. The maximum absolute atomic E-state index is 5.22. The first-order valence-electron chi connectivity index (χ1n) is 6.91. The van der Waals surface area contributed by atoms with E-state index in [0.717, 1.165) is 30.0 Å². The topological polar surface area (TPSA) is 51.1 Å². The van der Waals surface area contributed by atoms with Gasteiger partial charge in [-0.2, -0.15) is 5.10 Å². The molecule has 0 fully saturated rings. The molecule has 0 aliphatic rings. The Balaban J connectivity index is 1.94. The van der Waals surface area contributed by atoms with Crippen molar-refractivity contribution in [2.24, 2.45) is 0 Å². The lowest BCUT2D eigenvalue weighted by Gasteiger charge is -2.07. The molecule has 2 rings (SSSR count). The van der Waals surface area contributed by atoms with E-state index in [0.29, 0.717) is 11.7 Å². The number of thiocarbonyl (C=S) groups is 1. The van der Waals surface area contributed by atoms with E-state index in [1.165, 1.54) is 0 Å². The summed E-state index contributed by atoms with van der Waals surface area (Å²) in [4.78, 5) is 0. The van der Waals surface area contributed by atoms with E-state index in [-0.39, 0.29) is 0 Å². The molecule has 2 N–H and O–H groups in total. The number of ether oxygens (including phenoxy) is 1. The molecule has 0 saturated carbocycles. The van der Waals surface area contributed by atoms with Crippen LogP contribution in [0.1, 0.15) is 18.9 Å². The molecule has 2 aromatic rings. The van der Waals surface area contributed by atoms with Crippen molar-refractivity contribution in [3.8, 4) is 5.75 Å². The Morgan fingerprint density at radius 2 is 2.29 bits per heavy atom. The van der Waals surface area contributed by atoms with Crippen molar-refractivity contribution in [2.75, 3.05) is 19.0 Å². The zero-order valence-corrected chi connectivity index (χ0v) is 13.1. The minimum absolute atomic E-state index is 0.623. The summed E-state index contributed by atoms with van der Waals surface area (Å²) in [5.74, 6) is 0.850. The van der Waals surface area contributed by atoms with Gasteiger partial charge in [-0.3, -0.25) is 4.68 Å². The Bertz CT molecular complexity index is 597. The summed E-state index contributed by atoms with van der Waals surface area (Å²) in [7, 11) is 1.67. The average Bonchev–Trinajstić information content (AvgIpc) is 2.92. The van der Waals surface area contributed by atoms with E-state index in [2.05, 4.69) is 22.7 Å². The lowest BCUT2D eigenvalue weighted by Crippen LogP contribution is -2.28. The van der Waals surface area contributed by atoms with Crippen molar-refractivity contribution in [1.29, 1.82) is 0 Å². The smallest absolute Gasteiger partial charge is 0.170 e. The number of benzene rings is 1. The third-order valence-electron chi connectivity index (χ3n) is 2.91. The Morgan fingerprint density at radius 1 is 1.43 bits per heavy atom. The van der Waals surface area contributed by atoms with Crippen LogP contribution < -0.4 is 15.4 Å². The molecule has 0 aliphatic carbocycles. The van der Waals surface area contributed by atoms with Gasteiger partial charge in [0, 0.05) is 12.7 Å². The third-order valence-corrected chi connectivity index (χ3v) is 3.15. The summed E-state index contributed by atoms with van der Waals surface area (Å²) in [5.41, 5.74) is 2.02. The molecule has 112 valence electrons. The van der Waals surface area contributed by atoms with Crippen LogP contribution in [0.5, 0.6) is 5.75 Å². The maximum atomic E-state index is 5.22. The maximum Gasteiger partial charge on any atom is 0.170 e. The van der Waals surface area contributed by atoms with Crippen molar-refractivity contribution in [3.63, 3.8) is 0 Å². The molecule has 5 nitrogen and oxygen atoms in total. The molecule has 1 aromatic carbocycles. The highest BCUT2D eigenvalue weighted by atomic mass is 32.1. The minimum atomic E-state index is 0.623. The second-order valence-corrected chi connectivity index (χ2v) is 5.07. The fraction of sp³-hybridized carbons (Fsp3) is 0.333. The van der Waals surface area contributed by atoms with E-state index < -0.39 is 0 Å². The number of anilines is 1. The number of methoxy groups -OCH3 is 1. The highest BCUT2D eigenvalue weighted by Crippen LogP contribution is 2.14. The third kappa shape index (κ3) is 4.75. The monoisotopic (exact) mass is 304 g/mol. The van der Waals surface area contributed by atoms with Gasteiger partial charge in [-0.15, -0.1) is 0 Å². The molecule has 6 heteroatoms. The first-order chi connectivity index (χ1) is 10.2. The van der Waals surface area contributed by atoms with Gasteiger partial charge in [0.05, 0.1) is 25.5 Å². The van der Waals surface area contributed by atoms with Crippen molar-refractivity contribution in [1.82, 2.24) is 15.1 Å². The van der Waals surface area contributed by atoms with E-state index in [1.54, 1.807) is 13.3 Å². The van der Waals surface area contributed by atoms with Gasteiger partial charge in [0.25, 0.3) is 0 Å². The largest absolute Gasteiger partial charge is 0.497 e. The number of nitrogens with zero attached hydrogens (tertiary/aromatic N) is 2. The Labute approximate surface area is 130 Å². The predicted octanol–water partition coefficient (Wildman–Crippen LogP) is 2.64. The van der Waals surface area contributed by atoms with Gasteiger partial charge in [0.2, 0.25) is 0 Å². The van der Waals surface area contributed by atoms with E-state index in [1.807, 2.05) is 35.1 Å². The molecule has 1 heterocycles. The van der Waals surface area contributed by atoms with Gasteiger partial charge in [-0.1, -0.05) is 19.1 Å². The van der Waals surface area contributed by atoms with E-state index >= 15 is 0 Å². The molecule has 0 atom stereocenters. The van der Waals surface area contributed by atoms with Gasteiger partial charge in [-0.05, 0) is 36.3 Å². The van der Waals surface area contributed by atoms with Crippen molar-refractivity contribution >= 4 is 23.0 Å². The number of aromatic nitrogens is 2. The molecule has 0 saturated heterocycles. The summed E-state index contributed by atoms with van der Waals surface area (Å²) < 4.78 is 7.08. The Hall–Kier alpha value is -2.08. The number of rotatable bonds is 6. The highest BCUT2D eigenvalue weighted by molar-refractivity contribution is 7.80. The summed E-state index contributed by atoms with van der Waals surface area (Å²) in [6.45, 7) is 3.65. The fourth-order valence-electron chi connectivity index (χ4n) is 1.89. The van der Waals surface area contributed by atoms with E-state index in [9.17, 15) is 0 Å². The molecule has 0 amide bonds. The lowest BCUT2D eigenvalue weighted by molar-refractivity contribution is 0.414. The number of nitrogens with one attached hydrogen (secondary N) is 2. The van der Waals surface area contributed by atoms with Gasteiger partial charge in [-0.25, -0.2) is 0 Å². The summed E-state index contributed by atoms with van der Waals surface area (Å²) in [6.07, 6.45) is 4.73. The van der Waals surface area contributed by atoms with Crippen molar-refractivity contribution in [2.45, 2.75) is 19.9 Å². The van der Waals surface area contributed by atoms with Crippen LogP contribution in [0.25, 0.3) is 0 Å². The molecule has 0 radical (unpaired) electrons. The summed E-state index contributed by atoms with van der Waals surface area (Å²) >= 11 is 5.20. The molecule has 1 aromatic heterocycles. The zero-order chi connectivity index (χ0) is 15.1. The van der Waals surface area contributed by atoms with Gasteiger partial charge < -0.3 is 15.4 Å².